The van der Waals surface area contributed by atoms with E-state index in [-0.39, 0.29) is 17.5 Å². The molecule has 5 atom stereocenters. The van der Waals surface area contributed by atoms with Crippen LogP contribution in [0.5, 0.6) is 0 Å². The van der Waals surface area contributed by atoms with E-state index in [1.165, 1.54) is 6.92 Å². The highest BCUT2D eigenvalue weighted by molar-refractivity contribution is 5.89. The van der Waals surface area contributed by atoms with Gasteiger partial charge < -0.3 is 15.4 Å². The number of piperidine rings is 3. The number of nitrogens with one attached hydrogen (secondary N) is 2. The van der Waals surface area contributed by atoms with Crippen LogP contribution in [0, 0.1) is 11.8 Å². The van der Waals surface area contributed by atoms with Gasteiger partial charge >= 0.3 is 5.97 Å². The summed E-state index contributed by atoms with van der Waals surface area (Å²) in [6, 6.07) is 16.4. The van der Waals surface area contributed by atoms with Crippen molar-refractivity contribution in [2.24, 2.45) is 11.8 Å². The molecule has 6 heteroatoms. The number of rotatable bonds is 6. The van der Waals surface area contributed by atoms with E-state index in [0.29, 0.717) is 17.5 Å². The van der Waals surface area contributed by atoms with Gasteiger partial charge in [0.15, 0.2) is 6.04 Å². The van der Waals surface area contributed by atoms with Crippen molar-refractivity contribution in [2.75, 3.05) is 30.3 Å². The Morgan fingerprint density at radius 3 is 2.55 bits per heavy atom. The van der Waals surface area contributed by atoms with Crippen LogP contribution in [0.3, 0.4) is 0 Å². The molecule has 4 bridgehead atoms. The lowest BCUT2D eigenvalue weighted by Crippen LogP contribution is -2.40. The number of benzene rings is 2. The van der Waals surface area contributed by atoms with Gasteiger partial charge in [0.25, 0.3) is 0 Å². The summed E-state index contributed by atoms with van der Waals surface area (Å²) in [7, 11) is 0. The Bertz CT molecular complexity index is 941. The predicted octanol–water partition coefficient (Wildman–Crippen LogP) is 3.05. The van der Waals surface area contributed by atoms with E-state index in [1.54, 1.807) is 0 Å². The van der Waals surface area contributed by atoms with Gasteiger partial charge in [0, 0.05) is 43.2 Å². The highest BCUT2D eigenvalue weighted by Crippen LogP contribution is 2.63. The van der Waals surface area contributed by atoms with E-state index in [2.05, 4.69) is 15.5 Å². The number of hydrogen-bond donors (Lipinski definition) is 2. The van der Waals surface area contributed by atoms with Gasteiger partial charge in [0.2, 0.25) is 5.91 Å². The molecule has 2 N–H and O–H groups in total. The van der Waals surface area contributed by atoms with Crippen LogP contribution in [-0.4, -0.2) is 42.0 Å². The second-order valence-electron chi connectivity index (χ2n) is 8.36. The van der Waals surface area contributed by atoms with E-state index < -0.39 is 6.04 Å². The minimum absolute atomic E-state index is 0.133. The largest absolute Gasteiger partial charge is 0.455 e. The van der Waals surface area contributed by atoms with Crippen molar-refractivity contribution < 1.29 is 14.3 Å². The minimum atomic E-state index is -0.603. The minimum Gasteiger partial charge on any atom is -0.455 e. The smallest absolute Gasteiger partial charge is 0.333 e. The zero-order valence-corrected chi connectivity index (χ0v) is 16.4. The summed E-state index contributed by atoms with van der Waals surface area (Å²) in [6.07, 6.45) is 1.13. The SMILES string of the molecule is CC(=O)Nc1cccc(NC(C(=O)OC23CN4CCC2C3C4)c2ccccc2)c1. The van der Waals surface area contributed by atoms with Crippen LogP contribution in [-0.2, 0) is 14.3 Å². The number of nitrogens with zero attached hydrogens (tertiary/aromatic N) is 1. The average molecular weight is 391 g/mol. The number of fused-ring (bicyclic) bond motifs is 1. The van der Waals surface area contributed by atoms with Crippen LogP contribution < -0.4 is 10.6 Å². The zero-order chi connectivity index (χ0) is 20.0. The predicted molar refractivity (Wildman–Crippen MR) is 110 cm³/mol. The van der Waals surface area contributed by atoms with Crippen molar-refractivity contribution in [2.45, 2.75) is 25.0 Å². The molecule has 0 spiro atoms. The van der Waals surface area contributed by atoms with Crippen molar-refractivity contribution in [1.29, 1.82) is 0 Å². The second-order valence-corrected chi connectivity index (χ2v) is 8.36. The summed E-state index contributed by atoms with van der Waals surface area (Å²) in [4.78, 5) is 27.1. The second kappa shape index (κ2) is 6.88. The lowest BCUT2D eigenvalue weighted by molar-refractivity contribution is -0.154. The third-order valence-electron chi connectivity index (χ3n) is 6.47. The Labute approximate surface area is 170 Å². The number of esters is 1. The molecule has 0 radical (unpaired) electrons. The number of amides is 1. The fourth-order valence-electron chi connectivity index (χ4n) is 5.13. The zero-order valence-electron chi connectivity index (χ0n) is 16.4. The van der Waals surface area contributed by atoms with Crippen LogP contribution in [0.15, 0.2) is 54.6 Å². The van der Waals surface area contributed by atoms with E-state index in [1.807, 2.05) is 54.6 Å². The quantitative estimate of drug-likeness (QED) is 0.741. The maximum atomic E-state index is 13.3. The van der Waals surface area contributed by atoms with Crippen LogP contribution in [0.25, 0.3) is 0 Å². The van der Waals surface area contributed by atoms with Gasteiger partial charge in [-0.25, -0.2) is 4.79 Å². The molecule has 6 rings (SSSR count). The Morgan fingerprint density at radius 2 is 1.90 bits per heavy atom. The molecule has 6 nitrogen and oxygen atoms in total. The Morgan fingerprint density at radius 1 is 1.10 bits per heavy atom. The number of anilines is 2. The highest BCUT2D eigenvalue weighted by Gasteiger charge is 2.74. The van der Waals surface area contributed by atoms with Gasteiger partial charge in [-0.05, 0) is 36.7 Å². The Kier molecular flexibility index (Phi) is 4.32. The van der Waals surface area contributed by atoms with Crippen LogP contribution in [0.2, 0.25) is 0 Å². The lowest BCUT2D eigenvalue weighted by Gasteiger charge is -2.30. The fraction of sp³-hybridized carbons (Fsp3) is 0.391. The first-order valence-corrected chi connectivity index (χ1v) is 10.2. The van der Waals surface area contributed by atoms with Gasteiger partial charge in [-0.3, -0.25) is 9.69 Å². The molecule has 29 heavy (non-hydrogen) atoms. The summed E-state index contributed by atoms with van der Waals surface area (Å²) in [5.74, 6) is 0.652. The third-order valence-corrected chi connectivity index (χ3v) is 6.47. The van der Waals surface area contributed by atoms with E-state index in [4.69, 9.17) is 4.74 Å². The lowest BCUT2D eigenvalue weighted by atomic mass is 10.1. The van der Waals surface area contributed by atoms with Crippen LogP contribution in [0.1, 0.15) is 24.9 Å². The molecule has 4 aliphatic rings. The third kappa shape index (κ3) is 3.27. The highest BCUT2D eigenvalue weighted by atomic mass is 16.6. The molecular weight excluding hydrogens is 366 g/mol. The number of carbonyl (C=O) groups is 2. The standard InChI is InChI=1S/C23H25N3O3/c1-15(27)24-17-8-5-9-18(12-17)25-21(16-6-3-2-4-7-16)22(28)29-23-14-26-11-10-19(23)20(23)13-26/h2-9,12,19-21,25H,10-11,13-14H2,1H3,(H,24,27). The first kappa shape index (κ1) is 18.2. The average Bonchev–Trinajstić information content (AvgIpc) is 3.20. The summed E-state index contributed by atoms with van der Waals surface area (Å²) in [5.41, 5.74) is 2.02. The van der Waals surface area contributed by atoms with Gasteiger partial charge in [-0.1, -0.05) is 36.4 Å². The first-order valence-electron chi connectivity index (χ1n) is 10.2. The molecule has 1 saturated carbocycles. The molecule has 3 aliphatic heterocycles. The van der Waals surface area contributed by atoms with Gasteiger partial charge in [0.1, 0.15) is 5.60 Å². The van der Waals surface area contributed by atoms with E-state index in [0.717, 1.165) is 37.3 Å². The maximum Gasteiger partial charge on any atom is 0.333 e. The molecule has 3 saturated heterocycles. The molecule has 3 heterocycles. The molecule has 1 amide bonds. The van der Waals surface area contributed by atoms with Crippen LogP contribution in [0.4, 0.5) is 11.4 Å². The van der Waals surface area contributed by atoms with Gasteiger partial charge in [-0.15, -0.1) is 0 Å². The van der Waals surface area contributed by atoms with Crippen molar-refractivity contribution in [3.8, 4) is 0 Å². The molecule has 2 aromatic rings. The molecular formula is C23H25N3O3. The Hall–Kier alpha value is -2.86. The van der Waals surface area contributed by atoms with Crippen LogP contribution >= 0.6 is 0 Å². The topological polar surface area (TPSA) is 70.7 Å². The monoisotopic (exact) mass is 391 g/mol. The number of hydrogen-bond acceptors (Lipinski definition) is 5. The molecule has 2 aromatic carbocycles. The van der Waals surface area contributed by atoms with Crippen molar-refractivity contribution >= 4 is 23.3 Å². The molecule has 4 fully saturated rings. The van der Waals surface area contributed by atoms with Crippen molar-refractivity contribution in [1.82, 2.24) is 4.90 Å². The number of ether oxygens (including phenoxy) is 1. The van der Waals surface area contributed by atoms with Gasteiger partial charge in [0.05, 0.1) is 0 Å². The first-order chi connectivity index (χ1) is 14.0. The molecule has 0 aromatic heterocycles. The molecule has 5 unspecified atom stereocenters. The fourth-order valence-corrected chi connectivity index (χ4v) is 5.13. The van der Waals surface area contributed by atoms with Crippen molar-refractivity contribution in [3.05, 3.63) is 60.2 Å². The summed E-state index contributed by atoms with van der Waals surface area (Å²) >= 11 is 0. The van der Waals surface area contributed by atoms with E-state index in [9.17, 15) is 9.59 Å². The summed E-state index contributed by atoms with van der Waals surface area (Å²) in [5, 5.41) is 6.10. The van der Waals surface area contributed by atoms with E-state index >= 15 is 0 Å². The molecule has 150 valence electrons. The number of carbonyl (C=O) groups excluding carboxylic acids is 2. The molecule has 1 aliphatic carbocycles. The summed E-state index contributed by atoms with van der Waals surface area (Å²) < 4.78 is 6.18. The maximum absolute atomic E-state index is 13.3. The Balaban J connectivity index is 1.38. The summed E-state index contributed by atoms with van der Waals surface area (Å²) in [6.45, 7) is 4.52. The van der Waals surface area contributed by atoms with Crippen molar-refractivity contribution in [3.63, 3.8) is 0 Å². The van der Waals surface area contributed by atoms with Gasteiger partial charge in [-0.2, -0.15) is 0 Å². The normalized spacial score (nSPS) is 29.6.